The number of hydrogen-bond donors (Lipinski definition) is 2. The molecule has 0 aliphatic heterocycles. The molecule has 3 rings (SSSR count). The Hall–Kier alpha value is -0.0800. The summed E-state index contributed by atoms with van der Waals surface area (Å²) in [6, 6.07) is 0.687. The molecule has 0 heterocycles. The summed E-state index contributed by atoms with van der Waals surface area (Å²) in [5.41, 5.74) is -0.400. The predicted molar refractivity (Wildman–Crippen MR) is 79.1 cm³/mol. The predicted octanol–water partition coefficient (Wildman–Crippen LogP) is 3.63. The molecule has 0 radical (unpaired) electrons. The second-order valence-electron chi connectivity index (χ2n) is 7.48. The smallest absolute Gasteiger partial charge is 0.0771 e. The van der Waals surface area contributed by atoms with Gasteiger partial charge < -0.3 is 10.4 Å². The average Bonchev–Trinajstić information content (AvgIpc) is 3.25. The van der Waals surface area contributed by atoms with Gasteiger partial charge in [0.2, 0.25) is 0 Å². The van der Waals surface area contributed by atoms with E-state index in [2.05, 4.69) is 5.32 Å². The van der Waals surface area contributed by atoms with Gasteiger partial charge in [-0.2, -0.15) is 0 Å². The highest BCUT2D eigenvalue weighted by atomic mass is 16.3. The Bertz CT molecular complexity index is 279. The first-order valence-corrected chi connectivity index (χ1v) is 8.71. The van der Waals surface area contributed by atoms with Crippen LogP contribution in [0.1, 0.15) is 77.0 Å². The average molecular weight is 265 g/mol. The van der Waals surface area contributed by atoms with Crippen molar-refractivity contribution in [3.63, 3.8) is 0 Å². The fraction of sp³-hybridized carbons (Fsp3) is 1.00. The Balaban J connectivity index is 1.45. The molecule has 110 valence electrons. The van der Waals surface area contributed by atoms with E-state index >= 15 is 0 Å². The third-order valence-corrected chi connectivity index (χ3v) is 5.76. The van der Waals surface area contributed by atoms with Crippen LogP contribution in [0.2, 0.25) is 0 Å². The van der Waals surface area contributed by atoms with Gasteiger partial charge in [0.25, 0.3) is 0 Å². The Kier molecular flexibility index (Phi) is 4.48. The molecule has 0 aromatic heterocycles. The molecule has 2 atom stereocenters. The minimum atomic E-state index is -0.400. The topological polar surface area (TPSA) is 32.3 Å². The van der Waals surface area contributed by atoms with Gasteiger partial charge in [0.05, 0.1) is 5.60 Å². The highest BCUT2D eigenvalue weighted by molar-refractivity contribution is 4.90. The quantitative estimate of drug-likeness (QED) is 0.761. The second-order valence-corrected chi connectivity index (χ2v) is 7.48. The Morgan fingerprint density at radius 3 is 2.26 bits per heavy atom. The van der Waals surface area contributed by atoms with Crippen molar-refractivity contribution in [3.8, 4) is 0 Å². The van der Waals surface area contributed by atoms with Gasteiger partial charge in [-0.1, -0.05) is 38.5 Å². The van der Waals surface area contributed by atoms with E-state index in [9.17, 15) is 5.11 Å². The van der Waals surface area contributed by atoms with Crippen molar-refractivity contribution >= 4 is 0 Å². The van der Waals surface area contributed by atoms with Crippen molar-refractivity contribution in [2.45, 2.75) is 88.7 Å². The van der Waals surface area contributed by atoms with Crippen LogP contribution in [-0.2, 0) is 0 Å². The van der Waals surface area contributed by atoms with Crippen LogP contribution < -0.4 is 5.32 Å². The summed E-state index contributed by atoms with van der Waals surface area (Å²) in [5, 5.41) is 14.4. The molecule has 19 heavy (non-hydrogen) atoms. The number of rotatable bonds is 4. The summed E-state index contributed by atoms with van der Waals surface area (Å²) in [5.74, 6) is 2.06. The lowest BCUT2D eigenvalue weighted by atomic mass is 9.82. The van der Waals surface area contributed by atoms with Crippen LogP contribution in [-0.4, -0.2) is 23.3 Å². The maximum Gasteiger partial charge on any atom is 0.0771 e. The first-order chi connectivity index (χ1) is 9.25. The molecular weight excluding hydrogens is 234 g/mol. The molecule has 0 bridgehead atoms. The molecule has 2 N–H and O–H groups in total. The van der Waals surface area contributed by atoms with Crippen molar-refractivity contribution in [3.05, 3.63) is 0 Å². The van der Waals surface area contributed by atoms with Crippen LogP contribution in [0.4, 0.5) is 0 Å². The van der Waals surface area contributed by atoms with Gasteiger partial charge in [0, 0.05) is 12.6 Å². The highest BCUT2D eigenvalue weighted by Crippen LogP contribution is 2.44. The lowest BCUT2D eigenvalue weighted by molar-refractivity contribution is 0.0205. The van der Waals surface area contributed by atoms with Crippen molar-refractivity contribution in [1.82, 2.24) is 5.32 Å². The molecule has 0 amide bonds. The Morgan fingerprint density at radius 1 is 0.842 bits per heavy atom. The molecule has 0 spiro atoms. The normalized spacial score (nSPS) is 35.8. The van der Waals surface area contributed by atoms with Gasteiger partial charge >= 0.3 is 0 Å². The molecule has 3 aliphatic carbocycles. The summed E-state index contributed by atoms with van der Waals surface area (Å²) < 4.78 is 0. The van der Waals surface area contributed by atoms with Crippen molar-refractivity contribution in [2.75, 3.05) is 6.54 Å². The summed E-state index contributed by atoms with van der Waals surface area (Å²) in [7, 11) is 0. The van der Waals surface area contributed by atoms with Crippen molar-refractivity contribution in [1.29, 1.82) is 0 Å². The summed E-state index contributed by atoms with van der Waals surface area (Å²) in [6.07, 6.45) is 15.6. The number of nitrogens with one attached hydrogen (secondary N) is 1. The fourth-order valence-corrected chi connectivity index (χ4v) is 4.31. The third kappa shape index (κ3) is 3.95. The molecule has 2 heteroatoms. The second kappa shape index (κ2) is 6.13. The van der Waals surface area contributed by atoms with Crippen LogP contribution in [0.3, 0.4) is 0 Å². The summed E-state index contributed by atoms with van der Waals surface area (Å²) >= 11 is 0. The minimum Gasteiger partial charge on any atom is -0.389 e. The summed E-state index contributed by atoms with van der Waals surface area (Å²) in [4.78, 5) is 0. The van der Waals surface area contributed by atoms with Crippen LogP contribution in [0.25, 0.3) is 0 Å². The van der Waals surface area contributed by atoms with E-state index in [1.807, 2.05) is 0 Å². The van der Waals surface area contributed by atoms with Gasteiger partial charge in [0.15, 0.2) is 0 Å². The monoisotopic (exact) mass is 265 g/mol. The van der Waals surface area contributed by atoms with Crippen LogP contribution in [0.15, 0.2) is 0 Å². The zero-order chi connectivity index (χ0) is 13.1. The van der Waals surface area contributed by atoms with Crippen molar-refractivity contribution in [2.24, 2.45) is 11.8 Å². The van der Waals surface area contributed by atoms with E-state index in [1.165, 1.54) is 64.2 Å². The molecule has 0 aromatic rings. The van der Waals surface area contributed by atoms with Crippen molar-refractivity contribution < 1.29 is 5.11 Å². The summed E-state index contributed by atoms with van der Waals surface area (Å²) in [6.45, 7) is 0.842. The standard InChI is InChI=1S/C17H31NO/c19-17(10-3-1-2-4-11-17)13-18-16-7-5-6-15(12-16)14-8-9-14/h14-16,18-19H,1-13H2. The van der Waals surface area contributed by atoms with E-state index in [1.54, 1.807) is 0 Å². The Morgan fingerprint density at radius 2 is 1.58 bits per heavy atom. The van der Waals surface area contributed by atoms with Gasteiger partial charge in [-0.05, 0) is 50.4 Å². The third-order valence-electron chi connectivity index (χ3n) is 5.76. The maximum atomic E-state index is 10.7. The van der Waals surface area contributed by atoms with E-state index in [4.69, 9.17) is 0 Å². The van der Waals surface area contributed by atoms with Gasteiger partial charge in [0.1, 0.15) is 0 Å². The van der Waals surface area contributed by atoms with E-state index in [0.29, 0.717) is 6.04 Å². The zero-order valence-corrected chi connectivity index (χ0v) is 12.4. The lowest BCUT2D eigenvalue weighted by Crippen LogP contribution is -2.45. The molecular formula is C17H31NO. The van der Waals surface area contributed by atoms with Gasteiger partial charge in [-0.15, -0.1) is 0 Å². The molecule has 3 aliphatic rings. The molecule has 3 saturated carbocycles. The fourth-order valence-electron chi connectivity index (χ4n) is 4.31. The number of aliphatic hydroxyl groups is 1. The molecule has 0 saturated heterocycles. The molecule has 0 aromatic carbocycles. The first kappa shape index (κ1) is 13.9. The Labute approximate surface area is 118 Å². The van der Waals surface area contributed by atoms with E-state index in [0.717, 1.165) is 31.2 Å². The molecule has 2 unspecified atom stereocenters. The first-order valence-electron chi connectivity index (χ1n) is 8.71. The van der Waals surface area contributed by atoms with E-state index in [-0.39, 0.29) is 0 Å². The molecule has 3 fully saturated rings. The minimum absolute atomic E-state index is 0.400. The molecule has 2 nitrogen and oxygen atoms in total. The van der Waals surface area contributed by atoms with Crippen LogP contribution in [0.5, 0.6) is 0 Å². The maximum absolute atomic E-state index is 10.7. The lowest BCUT2D eigenvalue weighted by Gasteiger charge is -2.34. The SMILES string of the molecule is OC1(CNC2CCCC(C3CC3)C2)CCCCCC1. The van der Waals surface area contributed by atoms with Gasteiger partial charge in [-0.3, -0.25) is 0 Å². The van der Waals surface area contributed by atoms with Gasteiger partial charge in [-0.25, -0.2) is 0 Å². The van der Waals surface area contributed by atoms with Crippen LogP contribution >= 0.6 is 0 Å². The zero-order valence-electron chi connectivity index (χ0n) is 12.4. The number of hydrogen-bond acceptors (Lipinski definition) is 2. The van der Waals surface area contributed by atoms with E-state index < -0.39 is 5.60 Å². The van der Waals surface area contributed by atoms with Crippen LogP contribution in [0, 0.1) is 11.8 Å². The highest BCUT2D eigenvalue weighted by Gasteiger charge is 2.35. The largest absolute Gasteiger partial charge is 0.389 e.